The molecule has 0 saturated carbocycles. The molecule has 1 aromatic heterocycles. The quantitative estimate of drug-likeness (QED) is 0.781. The molecular formula is C15H10F2N2O2. The fraction of sp³-hybridized carbons (Fsp3) is 0.0667. The van der Waals surface area contributed by atoms with Crippen molar-refractivity contribution in [1.29, 1.82) is 0 Å². The van der Waals surface area contributed by atoms with Crippen molar-refractivity contribution < 1.29 is 18.4 Å². The molecule has 106 valence electrons. The van der Waals surface area contributed by atoms with Crippen LogP contribution in [0.1, 0.15) is 5.56 Å². The second-order valence-electron chi connectivity index (χ2n) is 4.54. The van der Waals surface area contributed by atoms with Crippen molar-refractivity contribution in [3.8, 4) is 28.6 Å². The zero-order valence-electron chi connectivity index (χ0n) is 11.0. The number of rotatable bonds is 2. The number of hydrogen-bond acceptors (Lipinski definition) is 4. The van der Waals surface area contributed by atoms with Gasteiger partial charge in [-0.05, 0) is 48.9 Å². The summed E-state index contributed by atoms with van der Waals surface area (Å²) in [6.07, 6.45) is 0. The van der Waals surface area contributed by atoms with Crippen molar-refractivity contribution in [3.63, 3.8) is 0 Å². The van der Waals surface area contributed by atoms with Gasteiger partial charge in [0.25, 0.3) is 5.89 Å². The Balaban J connectivity index is 2.06. The maximum atomic E-state index is 13.2. The Bertz CT molecular complexity index is 815. The standard InChI is InChI=1S/C15H10F2N2O2/c1-8-6-9(16)2-4-11(8)14-18-15(21-19-14)12-7-10(17)3-5-13(12)20/h2-7,20H,1H3. The van der Waals surface area contributed by atoms with Gasteiger partial charge >= 0.3 is 0 Å². The third-order valence-electron chi connectivity index (χ3n) is 3.04. The van der Waals surface area contributed by atoms with Gasteiger partial charge in [0.05, 0.1) is 5.56 Å². The maximum Gasteiger partial charge on any atom is 0.262 e. The molecule has 1 heterocycles. The minimum atomic E-state index is -0.527. The zero-order valence-corrected chi connectivity index (χ0v) is 11.0. The summed E-state index contributed by atoms with van der Waals surface area (Å²) >= 11 is 0. The van der Waals surface area contributed by atoms with Crippen LogP contribution in [-0.2, 0) is 0 Å². The minimum absolute atomic E-state index is 0.00859. The lowest BCUT2D eigenvalue weighted by molar-refractivity contribution is 0.425. The molecule has 0 radical (unpaired) electrons. The lowest BCUT2D eigenvalue weighted by Crippen LogP contribution is -1.87. The smallest absolute Gasteiger partial charge is 0.262 e. The van der Waals surface area contributed by atoms with Crippen molar-refractivity contribution in [2.24, 2.45) is 0 Å². The van der Waals surface area contributed by atoms with Crippen LogP contribution < -0.4 is 0 Å². The highest BCUT2D eigenvalue weighted by molar-refractivity contribution is 5.66. The number of benzene rings is 2. The van der Waals surface area contributed by atoms with Crippen molar-refractivity contribution in [1.82, 2.24) is 10.1 Å². The number of phenolic OH excluding ortho intramolecular Hbond substituents is 1. The van der Waals surface area contributed by atoms with Crippen LogP contribution in [0, 0.1) is 18.6 Å². The average Bonchev–Trinajstić information content (AvgIpc) is 2.91. The van der Waals surface area contributed by atoms with Crippen LogP contribution in [0.25, 0.3) is 22.8 Å². The first-order valence-corrected chi connectivity index (χ1v) is 6.14. The largest absolute Gasteiger partial charge is 0.507 e. The van der Waals surface area contributed by atoms with E-state index < -0.39 is 5.82 Å². The van der Waals surface area contributed by atoms with Gasteiger partial charge in [0.1, 0.15) is 17.4 Å². The van der Waals surface area contributed by atoms with Gasteiger partial charge in [0.15, 0.2) is 0 Å². The van der Waals surface area contributed by atoms with E-state index in [1.807, 2.05) is 0 Å². The molecule has 21 heavy (non-hydrogen) atoms. The molecule has 6 heteroatoms. The maximum absolute atomic E-state index is 13.2. The fourth-order valence-electron chi connectivity index (χ4n) is 2.00. The third kappa shape index (κ3) is 2.47. The van der Waals surface area contributed by atoms with Crippen molar-refractivity contribution >= 4 is 0 Å². The summed E-state index contributed by atoms with van der Waals surface area (Å²) in [5.74, 6) is -0.817. The molecule has 4 nitrogen and oxygen atoms in total. The number of nitrogens with zero attached hydrogens (tertiary/aromatic N) is 2. The van der Waals surface area contributed by atoms with Crippen LogP contribution in [0.4, 0.5) is 8.78 Å². The summed E-state index contributed by atoms with van der Waals surface area (Å²) in [7, 11) is 0. The fourth-order valence-corrected chi connectivity index (χ4v) is 2.00. The topological polar surface area (TPSA) is 59.2 Å². The molecule has 0 aliphatic rings. The number of aromatic nitrogens is 2. The van der Waals surface area contributed by atoms with E-state index in [1.54, 1.807) is 6.92 Å². The molecule has 0 fully saturated rings. The average molecular weight is 288 g/mol. The zero-order chi connectivity index (χ0) is 15.0. The molecule has 0 aliphatic carbocycles. The Hall–Kier alpha value is -2.76. The Labute approximate surface area is 118 Å². The Morgan fingerprint density at radius 3 is 2.48 bits per heavy atom. The first kappa shape index (κ1) is 13.2. The SMILES string of the molecule is Cc1cc(F)ccc1-c1noc(-c2cc(F)ccc2O)n1. The van der Waals surface area contributed by atoms with E-state index in [4.69, 9.17) is 4.52 Å². The minimum Gasteiger partial charge on any atom is -0.507 e. The Kier molecular flexibility index (Phi) is 3.13. The Morgan fingerprint density at radius 2 is 1.71 bits per heavy atom. The Morgan fingerprint density at radius 1 is 1.00 bits per heavy atom. The van der Waals surface area contributed by atoms with Crippen LogP contribution in [0.3, 0.4) is 0 Å². The molecule has 0 bridgehead atoms. The first-order valence-electron chi connectivity index (χ1n) is 6.14. The lowest BCUT2D eigenvalue weighted by Gasteiger charge is -2.00. The van der Waals surface area contributed by atoms with Gasteiger partial charge in [-0.15, -0.1) is 0 Å². The van der Waals surface area contributed by atoms with E-state index in [0.717, 1.165) is 12.1 Å². The molecule has 0 atom stereocenters. The second-order valence-corrected chi connectivity index (χ2v) is 4.54. The third-order valence-corrected chi connectivity index (χ3v) is 3.04. The molecule has 0 amide bonds. The van der Waals surface area contributed by atoms with E-state index in [-0.39, 0.29) is 28.8 Å². The molecule has 0 unspecified atom stereocenters. The molecular weight excluding hydrogens is 278 g/mol. The highest BCUT2D eigenvalue weighted by Crippen LogP contribution is 2.30. The van der Waals surface area contributed by atoms with Crippen LogP contribution >= 0.6 is 0 Å². The highest BCUT2D eigenvalue weighted by Gasteiger charge is 2.16. The van der Waals surface area contributed by atoms with Gasteiger partial charge in [-0.25, -0.2) is 8.78 Å². The van der Waals surface area contributed by atoms with E-state index in [2.05, 4.69) is 10.1 Å². The number of hydrogen-bond donors (Lipinski definition) is 1. The van der Waals surface area contributed by atoms with E-state index >= 15 is 0 Å². The summed E-state index contributed by atoms with van der Waals surface area (Å²) in [5.41, 5.74) is 1.35. The number of halogens is 2. The number of aromatic hydroxyl groups is 1. The molecule has 1 N–H and O–H groups in total. The van der Waals surface area contributed by atoms with Gasteiger partial charge in [0.2, 0.25) is 5.82 Å². The first-order chi connectivity index (χ1) is 10.0. The van der Waals surface area contributed by atoms with Gasteiger partial charge in [-0.2, -0.15) is 4.98 Å². The highest BCUT2D eigenvalue weighted by atomic mass is 19.1. The number of aryl methyl sites for hydroxylation is 1. The van der Waals surface area contributed by atoms with Crippen LogP contribution in [0.5, 0.6) is 5.75 Å². The monoisotopic (exact) mass is 288 g/mol. The predicted molar refractivity (Wildman–Crippen MR) is 71.5 cm³/mol. The van der Waals surface area contributed by atoms with Crippen LogP contribution in [0.2, 0.25) is 0 Å². The summed E-state index contributed by atoms with van der Waals surface area (Å²) in [6, 6.07) is 7.61. The van der Waals surface area contributed by atoms with E-state index in [1.165, 1.54) is 24.3 Å². The molecule has 0 saturated heterocycles. The summed E-state index contributed by atoms with van der Waals surface area (Å²) in [5, 5.41) is 13.5. The second kappa shape index (κ2) is 4.97. The van der Waals surface area contributed by atoms with E-state index in [9.17, 15) is 13.9 Å². The number of phenols is 1. The predicted octanol–water partition coefficient (Wildman–Crippen LogP) is 3.70. The van der Waals surface area contributed by atoms with Crippen molar-refractivity contribution in [2.45, 2.75) is 6.92 Å². The summed E-state index contributed by atoms with van der Waals surface area (Å²) in [6.45, 7) is 1.72. The normalized spacial score (nSPS) is 10.8. The van der Waals surface area contributed by atoms with Crippen LogP contribution in [-0.4, -0.2) is 15.2 Å². The van der Waals surface area contributed by atoms with Gasteiger partial charge in [-0.3, -0.25) is 0 Å². The molecule has 2 aromatic carbocycles. The summed E-state index contributed by atoms with van der Waals surface area (Å²) < 4.78 is 31.4. The van der Waals surface area contributed by atoms with Crippen molar-refractivity contribution in [3.05, 3.63) is 53.6 Å². The molecule has 0 aliphatic heterocycles. The van der Waals surface area contributed by atoms with Crippen LogP contribution in [0.15, 0.2) is 40.9 Å². The van der Waals surface area contributed by atoms with Gasteiger partial charge in [-0.1, -0.05) is 5.16 Å². The molecule has 3 aromatic rings. The lowest BCUT2D eigenvalue weighted by atomic mass is 10.1. The molecule has 0 spiro atoms. The summed E-state index contributed by atoms with van der Waals surface area (Å²) in [4.78, 5) is 4.12. The molecule has 3 rings (SSSR count). The van der Waals surface area contributed by atoms with E-state index in [0.29, 0.717) is 11.1 Å². The van der Waals surface area contributed by atoms with Crippen molar-refractivity contribution in [2.75, 3.05) is 0 Å². The van der Waals surface area contributed by atoms with Gasteiger partial charge in [0, 0.05) is 5.56 Å². The van der Waals surface area contributed by atoms with Gasteiger partial charge < -0.3 is 9.63 Å².